The Balaban J connectivity index is 1.40. The third kappa shape index (κ3) is 5.05. The summed E-state index contributed by atoms with van der Waals surface area (Å²) in [5.41, 5.74) is 2.36. The molecule has 0 aliphatic carbocycles. The number of thioether (sulfide) groups is 1. The van der Waals surface area contributed by atoms with Crippen LogP contribution in [0, 0.1) is 17.8 Å². The van der Waals surface area contributed by atoms with Crippen LogP contribution in [0.15, 0.2) is 48.5 Å². The van der Waals surface area contributed by atoms with Crippen molar-refractivity contribution >= 4 is 46.5 Å². The van der Waals surface area contributed by atoms with Gasteiger partial charge in [0.2, 0.25) is 17.7 Å². The zero-order chi connectivity index (χ0) is 29.3. The van der Waals surface area contributed by atoms with E-state index in [4.69, 9.17) is 4.74 Å². The lowest BCUT2D eigenvalue weighted by Gasteiger charge is -2.38. The molecule has 10 heteroatoms. The van der Waals surface area contributed by atoms with Gasteiger partial charge in [-0.1, -0.05) is 6.92 Å². The number of carbonyl (C=O) groups is 3. The second-order valence-corrected chi connectivity index (χ2v) is 12.5. The van der Waals surface area contributed by atoms with Crippen molar-refractivity contribution in [3.05, 3.63) is 48.5 Å². The molecule has 5 rings (SSSR count). The summed E-state index contributed by atoms with van der Waals surface area (Å²) in [4.78, 5) is 45.4. The van der Waals surface area contributed by atoms with Crippen LogP contribution in [-0.4, -0.2) is 76.6 Å². The Hall–Kier alpha value is -3.24. The van der Waals surface area contributed by atoms with Gasteiger partial charge < -0.3 is 30.3 Å². The fourth-order valence-electron chi connectivity index (χ4n) is 7.05. The molecule has 6 atom stereocenters. The fourth-order valence-corrected chi connectivity index (χ4v) is 9.47. The smallest absolute Gasteiger partial charge is 0.248 e. The van der Waals surface area contributed by atoms with Crippen molar-refractivity contribution in [2.45, 2.75) is 50.2 Å². The van der Waals surface area contributed by atoms with Gasteiger partial charge in [-0.05, 0) is 81.6 Å². The van der Waals surface area contributed by atoms with Crippen molar-refractivity contribution in [3.8, 4) is 5.75 Å². The fraction of sp³-hybridized carbons (Fsp3) is 0.516. The normalized spacial score (nSPS) is 28.0. The summed E-state index contributed by atoms with van der Waals surface area (Å²) in [6, 6.07) is 14.1. The number of ether oxygens (including phenoxy) is 1. The number of anilines is 3. The maximum Gasteiger partial charge on any atom is 0.248 e. The molecule has 2 aromatic rings. The summed E-state index contributed by atoms with van der Waals surface area (Å²) in [6.07, 6.45) is 0.741. The van der Waals surface area contributed by atoms with Gasteiger partial charge in [-0.3, -0.25) is 14.4 Å². The third-order valence-electron chi connectivity index (χ3n) is 8.83. The van der Waals surface area contributed by atoms with E-state index in [-0.39, 0.29) is 42.0 Å². The molecule has 220 valence electrons. The molecule has 2 aromatic carbocycles. The number of β-amino-alcohol motifs (C(OH)–C–C–N with tert-alkyl or cyclic N) is 1. The van der Waals surface area contributed by atoms with Gasteiger partial charge in [-0.25, -0.2) is 0 Å². The highest BCUT2D eigenvalue weighted by molar-refractivity contribution is 8.02. The first-order valence-corrected chi connectivity index (χ1v) is 15.5. The predicted molar refractivity (Wildman–Crippen MR) is 162 cm³/mol. The minimum atomic E-state index is -0.789. The molecular formula is C31H40N4O5S. The highest BCUT2D eigenvalue weighted by Crippen LogP contribution is 2.68. The van der Waals surface area contributed by atoms with Crippen LogP contribution in [0.5, 0.6) is 5.75 Å². The minimum Gasteiger partial charge on any atom is -0.494 e. The average Bonchev–Trinajstić information content (AvgIpc) is 3.55. The van der Waals surface area contributed by atoms with E-state index in [2.05, 4.69) is 36.3 Å². The second-order valence-electron chi connectivity index (χ2n) is 11.0. The maximum atomic E-state index is 14.0. The molecule has 3 saturated heterocycles. The standard InChI is InChI=1S/C31H40N4O5S/c1-5-34(6-2)22-12-8-20(9-13-22)33-29(38)27-31-19(4)18-24(41-31)25(26(31)30(39)35(27)16-17-36)28(37)32-21-10-14-23(15-11-21)40-7-3/h8-15,19,24-27,36H,5-7,16-18H2,1-4H3,(H,32,37)(H,33,38)/t19?,24-,25+,26-,27?,31?/m0/s1. The van der Waals surface area contributed by atoms with Gasteiger partial charge in [0.1, 0.15) is 11.8 Å². The molecule has 3 fully saturated rings. The molecule has 0 aromatic heterocycles. The predicted octanol–water partition coefficient (Wildman–Crippen LogP) is 3.84. The SMILES string of the molecule is CCOc1ccc(NC(=O)[C@@H]2[C@@H]3CC(C)C4(S3)C(C(=O)Nc3ccc(N(CC)CC)cc3)N(CCO)C(=O)[C@H]24)cc1. The molecule has 0 saturated carbocycles. The van der Waals surface area contributed by atoms with Crippen LogP contribution in [0.1, 0.15) is 34.1 Å². The molecule has 3 amide bonds. The van der Waals surface area contributed by atoms with E-state index in [1.807, 2.05) is 31.2 Å². The monoisotopic (exact) mass is 580 g/mol. The van der Waals surface area contributed by atoms with Gasteiger partial charge >= 0.3 is 0 Å². The van der Waals surface area contributed by atoms with Crippen LogP contribution in [-0.2, 0) is 14.4 Å². The highest BCUT2D eigenvalue weighted by atomic mass is 32.2. The molecular weight excluding hydrogens is 540 g/mol. The number of aliphatic hydroxyl groups is 1. The van der Waals surface area contributed by atoms with Crippen molar-refractivity contribution in [2.75, 3.05) is 48.4 Å². The zero-order valence-electron chi connectivity index (χ0n) is 24.1. The van der Waals surface area contributed by atoms with Gasteiger partial charge in [0, 0.05) is 41.9 Å². The molecule has 3 aliphatic heterocycles. The Morgan fingerprint density at radius 1 is 1.02 bits per heavy atom. The Morgan fingerprint density at radius 2 is 1.63 bits per heavy atom. The van der Waals surface area contributed by atoms with Crippen molar-refractivity contribution in [1.82, 2.24) is 4.90 Å². The summed E-state index contributed by atoms with van der Waals surface area (Å²) in [7, 11) is 0. The molecule has 0 radical (unpaired) electrons. The molecule has 1 spiro atoms. The van der Waals surface area contributed by atoms with Crippen LogP contribution < -0.4 is 20.3 Å². The number of benzene rings is 2. The van der Waals surface area contributed by atoms with Crippen molar-refractivity contribution in [2.24, 2.45) is 17.8 Å². The van der Waals surface area contributed by atoms with E-state index in [0.29, 0.717) is 18.0 Å². The number of carbonyl (C=O) groups excluding carboxylic acids is 3. The van der Waals surface area contributed by atoms with E-state index in [1.54, 1.807) is 36.0 Å². The number of fused-ring (bicyclic) bond motifs is 1. The molecule has 41 heavy (non-hydrogen) atoms. The summed E-state index contributed by atoms with van der Waals surface area (Å²) in [5.74, 6) is -1.17. The Morgan fingerprint density at radius 3 is 2.22 bits per heavy atom. The Labute approximate surface area is 246 Å². The van der Waals surface area contributed by atoms with Crippen LogP contribution >= 0.6 is 11.8 Å². The number of amides is 3. The number of rotatable bonds is 11. The number of nitrogens with zero attached hydrogens (tertiary/aromatic N) is 2. The van der Waals surface area contributed by atoms with Crippen LogP contribution in [0.3, 0.4) is 0 Å². The lowest BCUT2D eigenvalue weighted by atomic mass is 9.66. The quantitative estimate of drug-likeness (QED) is 0.370. The average molecular weight is 581 g/mol. The maximum absolute atomic E-state index is 14.0. The van der Waals surface area contributed by atoms with Gasteiger partial charge in [-0.15, -0.1) is 11.8 Å². The Kier molecular flexibility index (Phi) is 8.52. The number of hydrogen-bond donors (Lipinski definition) is 3. The number of nitrogens with one attached hydrogen (secondary N) is 2. The van der Waals surface area contributed by atoms with Crippen molar-refractivity contribution < 1.29 is 24.2 Å². The van der Waals surface area contributed by atoms with E-state index < -0.39 is 22.6 Å². The first-order valence-electron chi connectivity index (χ1n) is 14.6. The van der Waals surface area contributed by atoms with Gasteiger partial charge in [-0.2, -0.15) is 0 Å². The molecule has 3 heterocycles. The largest absolute Gasteiger partial charge is 0.494 e. The van der Waals surface area contributed by atoms with E-state index in [0.717, 1.165) is 30.9 Å². The molecule has 9 nitrogen and oxygen atoms in total. The minimum absolute atomic E-state index is 0.0429. The van der Waals surface area contributed by atoms with Gasteiger partial charge in [0.25, 0.3) is 0 Å². The van der Waals surface area contributed by atoms with Crippen molar-refractivity contribution in [1.29, 1.82) is 0 Å². The first kappa shape index (κ1) is 29.3. The lowest BCUT2D eigenvalue weighted by molar-refractivity contribution is -0.138. The molecule has 3 aliphatic rings. The Bertz CT molecular complexity index is 1270. The summed E-state index contributed by atoms with van der Waals surface area (Å²) in [6.45, 7) is 10.3. The second kappa shape index (κ2) is 11.9. The zero-order valence-corrected chi connectivity index (χ0v) is 24.9. The van der Waals surface area contributed by atoms with Crippen LogP contribution in [0.25, 0.3) is 0 Å². The highest BCUT2D eigenvalue weighted by Gasteiger charge is 2.75. The summed E-state index contributed by atoms with van der Waals surface area (Å²) in [5, 5.41) is 15.8. The van der Waals surface area contributed by atoms with Crippen molar-refractivity contribution in [3.63, 3.8) is 0 Å². The summed E-state index contributed by atoms with van der Waals surface area (Å²) >= 11 is 1.61. The number of aliphatic hydroxyl groups excluding tert-OH is 1. The van der Waals surface area contributed by atoms with Crippen LogP contribution in [0.4, 0.5) is 17.1 Å². The molecule has 2 bridgehead atoms. The number of likely N-dealkylation sites (tertiary alicyclic amines) is 1. The number of hydrogen-bond acceptors (Lipinski definition) is 7. The van der Waals surface area contributed by atoms with Gasteiger partial charge in [0.15, 0.2) is 0 Å². The lowest BCUT2D eigenvalue weighted by Crippen LogP contribution is -2.55. The van der Waals surface area contributed by atoms with E-state index >= 15 is 0 Å². The molecule has 3 N–H and O–H groups in total. The van der Waals surface area contributed by atoms with Gasteiger partial charge in [0.05, 0.1) is 29.8 Å². The first-order chi connectivity index (χ1) is 19.8. The van der Waals surface area contributed by atoms with Crippen LogP contribution in [0.2, 0.25) is 0 Å². The van der Waals surface area contributed by atoms with E-state index in [1.165, 1.54) is 4.90 Å². The van der Waals surface area contributed by atoms with E-state index in [9.17, 15) is 19.5 Å². The topological polar surface area (TPSA) is 111 Å². The molecule has 3 unspecified atom stereocenters. The summed E-state index contributed by atoms with van der Waals surface area (Å²) < 4.78 is 4.75. The third-order valence-corrected chi connectivity index (χ3v) is 10.9.